The average molecular weight is 772 g/mol. The van der Waals surface area contributed by atoms with Gasteiger partial charge in [0.15, 0.2) is 0 Å². The number of hydrogen-bond acceptors (Lipinski definition) is 3. The molecule has 0 spiro atoms. The van der Waals surface area contributed by atoms with Gasteiger partial charge in [-0.15, -0.1) is 22.7 Å². The van der Waals surface area contributed by atoms with Gasteiger partial charge in [-0.1, -0.05) is 96.5 Å². The Labute approximate surface area is 335 Å². The number of hydrogen-bond donors (Lipinski definition) is 0. The Morgan fingerprint density at radius 1 is 0.375 bits per heavy atom. The van der Waals surface area contributed by atoms with Gasteiger partial charge in [0.2, 0.25) is 0 Å². The van der Waals surface area contributed by atoms with Crippen LogP contribution in [-0.4, -0.2) is 9.13 Å². The SMILES string of the molecule is Clc1ccc2c(c1)c1c3ccc(N(c4ccc5c(c4)sc4ccccc45)c4ccc5sc6ccccc6c5c4)cc3n(-c3ccccc3)c1n2-c1ccccc1. The Kier molecular flexibility index (Phi) is 7.02. The standard InChI is InChI=1S/C50H30ClN3S2/c51-31-19-25-43-42(27-31)49-40-24-21-35(29-44(40)54(33-13-5-2-6-14-33)50(49)53(43)32-11-3-1-4-12-32)52(34-22-26-47-41(28-34)38-16-8-10-18-46(38)55-47)36-20-23-39-37-15-7-9-17-45(37)56-48(39)30-36/h1-30H. The summed E-state index contributed by atoms with van der Waals surface area (Å²) in [6, 6.07) is 66.0. The van der Waals surface area contributed by atoms with Crippen molar-refractivity contribution >= 4 is 125 Å². The van der Waals surface area contributed by atoms with Gasteiger partial charge >= 0.3 is 0 Å². The molecular weight excluding hydrogens is 742 g/mol. The molecule has 4 heterocycles. The first-order valence-electron chi connectivity index (χ1n) is 18.7. The minimum atomic E-state index is 0.723. The third kappa shape index (κ3) is 4.75. The summed E-state index contributed by atoms with van der Waals surface area (Å²) in [6.45, 7) is 0. The van der Waals surface area contributed by atoms with E-state index < -0.39 is 0 Å². The molecule has 0 aliphatic heterocycles. The Bertz CT molecular complexity index is 3500. The molecule has 0 fully saturated rings. The first kappa shape index (κ1) is 31.9. The molecule has 0 bridgehead atoms. The first-order chi connectivity index (χ1) is 27.7. The maximum atomic E-state index is 6.77. The van der Waals surface area contributed by atoms with Crippen LogP contribution in [-0.2, 0) is 0 Å². The highest BCUT2D eigenvalue weighted by atomic mass is 35.5. The third-order valence-corrected chi connectivity index (χ3v) is 13.7. The van der Waals surface area contributed by atoms with Gasteiger partial charge < -0.3 is 4.90 Å². The summed E-state index contributed by atoms with van der Waals surface area (Å²) in [7, 11) is 0. The Balaban J connectivity index is 1.17. The number of fused-ring (bicyclic) bond motifs is 11. The number of aromatic nitrogens is 2. The van der Waals surface area contributed by atoms with Crippen molar-refractivity contribution in [2.45, 2.75) is 0 Å². The molecule has 56 heavy (non-hydrogen) atoms. The molecule has 0 N–H and O–H groups in total. The molecule has 0 radical (unpaired) electrons. The number of para-hydroxylation sites is 2. The molecular formula is C50H30ClN3S2. The van der Waals surface area contributed by atoms with Crippen LogP contribution in [0.25, 0.3) is 84.6 Å². The molecule has 0 aliphatic rings. The lowest BCUT2D eigenvalue weighted by atomic mass is 10.1. The second-order valence-electron chi connectivity index (χ2n) is 14.3. The summed E-state index contributed by atoms with van der Waals surface area (Å²) in [5, 5.41) is 9.36. The molecule has 12 rings (SSSR count). The number of nitrogens with zero attached hydrogens (tertiary/aromatic N) is 3. The van der Waals surface area contributed by atoms with Gasteiger partial charge in [0.25, 0.3) is 0 Å². The second-order valence-corrected chi connectivity index (χ2v) is 16.9. The zero-order valence-electron chi connectivity index (χ0n) is 29.9. The quantitative estimate of drug-likeness (QED) is 0.170. The van der Waals surface area contributed by atoms with Crippen molar-refractivity contribution in [2.24, 2.45) is 0 Å². The monoisotopic (exact) mass is 771 g/mol. The van der Waals surface area contributed by atoms with Gasteiger partial charge in [0.1, 0.15) is 5.65 Å². The lowest BCUT2D eigenvalue weighted by Crippen LogP contribution is -2.10. The van der Waals surface area contributed by atoms with E-state index in [4.69, 9.17) is 11.6 Å². The first-order valence-corrected chi connectivity index (χ1v) is 20.7. The Morgan fingerprint density at radius 3 is 1.64 bits per heavy atom. The Morgan fingerprint density at radius 2 is 0.911 bits per heavy atom. The topological polar surface area (TPSA) is 13.1 Å². The van der Waals surface area contributed by atoms with Crippen LogP contribution in [0.15, 0.2) is 182 Å². The van der Waals surface area contributed by atoms with Gasteiger partial charge in [0, 0.05) is 90.0 Å². The highest BCUT2D eigenvalue weighted by Gasteiger charge is 2.24. The molecule has 6 heteroatoms. The normalized spacial score (nSPS) is 12.0. The van der Waals surface area contributed by atoms with E-state index in [1.54, 1.807) is 0 Å². The van der Waals surface area contributed by atoms with E-state index in [-0.39, 0.29) is 0 Å². The maximum Gasteiger partial charge on any atom is 0.131 e. The summed E-state index contributed by atoms with van der Waals surface area (Å²) in [4.78, 5) is 2.43. The predicted octanol–water partition coefficient (Wildman–Crippen LogP) is 15.6. The largest absolute Gasteiger partial charge is 0.310 e. The summed E-state index contributed by atoms with van der Waals surface area (Å²) in [5.74, 6) is 0. The van der Waals surface area contributed by atoms with E-state index in [1.807, 2.05) is 28.7 Å². The van der Waals surface area contributed by atoms with Gasteiger partial charge in [-0.25, -0.2) is 0 Å². The number of rotatable bonds is 5. The average Bonchev–Trinajstić information content (AvgIpc) is 3.98. The molecule has 0 saturated carbocycles. The zero-order valence-corrected chi connectivity index (χ0v) is 32.2. The van der Waals surface area contributed by atoms with E-state index in [0.717, 1.165) is 55.5 Å². The summed E-state index contributed by atoms with van der Waals surface area (Å²) >= 11 is 10.5. The van der Waals surface area contributed by atoms with Crippen molar-refractivity contribution in [1.82, 2.24) is 9.13 Å². The minimum absolute atomic E-state index is 0.723. The van der Waals surface area contributed by atoms with E-state index in [0.29, 0.717) is 0 Å². The summed E-state index contributed by atoms with van der Waals surface area (Å²) < 4.78 is 9.98. The molecule has 12 aromatic rings. The van der Waals surface area contributed by atoms with Crippen LogP contribution in [0.4, 0.5) is 17.1 Å². The maximum absolute atomic E-state index is 6.77. The van der Waals surface area contributed by atoms with Crippen LogP contribution in [0.5, 0.6) is 0 Å². The van der Waals surface area contributed by atoms with Crippen molar-refractivity contribution in [3.63, 3.8) is 0 Å². The van der Waals surface area contributed by atoms with E-state index in [2.05, 4.69) is 190 Å². The fraction of sp³-hybridized carbons (Fsp3) is 0. The van der Waals surface area contributed by atoms with Crippen LogP contribution in [0.3, 0.4) is 0 Å². The molecule has 0 unspecified atom stereocenters. The fourth-order valence-electron chi connectivity index (χ4n) is 8.73. The van der Waals surface area contributed by atoms with Crippen LogP contribution < -0.4 is 4.90 Å². The van der Waals surface area contributed by atoms with E-state index in [9.17, 15) is 0 Å². The minimum Gasteiger partial charge on any atom is -0.310 e. The Hall–Kier alpha value is -6.37. The molecule has 4 aromatic heterocycles. The number of anilines is 3. The van der Waals surface area contributed by atoms with Crippen molar-refractivity contribution < 1.29 is 0 Å². The van der Waals surface area contributed by atoms with Gasteiger partial charge in [-0.05, 0) is 97.1 Å². The van der Waals surface area contributed by atoms with Gasteiger partial charge in [0.05, 0.1) is 11.0 Å². The van der Waals surface area contributed by atoms with E-state index >= 15 is 0 Å². The molecule has 0 amide bonds. The second kappa shape index (κ2) is 12.3. The lowest BCUT2D eigenvalue weighted by molar-refractivity contribution is 1.07. The fourth-order valence-corrected chi connectivity index (χ4v) is 11.1. The number of benzene rings is 8. The molecule has 0 atom stereocenters. The smallest absolute Gasteiger partial charge is 0.131 e. The van der Waals surface area contributed by atoms with Gasteiger partial charge in [-0.3, -0.25) is 9.13 Å². The molecule has 0 saturated heterocycles. The summed E-state index contributed by atoms with van der Waals surface area (Å²) in [6.07, 6.45) is 0. The van der Waals surface area contributed by atoms with Crippen LogP contribution in [0.1, 0.15) is 0 Å². The molecule has 0 aliphatic carbocycles. The number of halogens is 1. The van der Waals surface area contributed by atoms with Crippen molar-refractivity contribution in [3.8, 4) is 11.4 Å². The zero-order chi connectivity index (χ0) is 36.9. The molecule has 264 valence electrons. The van der Waals surface area contributed by atoms with Gasteiger partial charge in [-0.2, -0.15) is 0 Å². The van der Waals surface area contributed by atoms with E-state index in [1.165, 1.54) is 51.1 Å². The van der Waals surface area contributed by atoms with Crippen LogP contribution in [0, 0.1) is 0 Å². The summed E-state index contributed by atoms with van der Waals surface area (Å²) in [5.41, 5.74) is 8.88. The van der Waals surface area contributed by atoms with Crippen molar-refractivity contribution in [2.75, 3.05) is 4.90 Å². The highest BCUT2D eigenvalue weighted by molar-refractivity contribution is 7.26. The molecule has 3 nitrogen and oxygen atoms in total. The van der Waals surface area contributed by atoms with Crippen LogP contribution in [0.2, 0.25) is 5.02 Å². The van der Waals surface area contributed by atoms with Crippen molar-refractivity contribution in [1.29, 1.82) is 0 Å². The van der Waals surface area contributed by atoms with Crippen LogP contribution >= 0.6 is 34.3 Å². The lowest BCUT2D eigenvalue weighted by Gasteiger charge is -2.26. The third-order valence-electron chi connectivity index (χ3n) is 11.1. The number of thiophene rings is 2. The highest BCUT2D eigenvalue weighted by Crippen LogP contribution is 2.46. The molecule has 8 aromatic carbocycles. The van der Waals surface area contributed by atoms with Crippen molar-refractivity contribution in [3.05, 3.63) is 187 Å². The predicted molar refractivity (Wildman–Crippen MR) is 243 cm³/mol.